The molecule has 1 aromatic carbocycles. The van der Waals surface area contributed by atoms with Crippen LogP contribution < -0.4 is 0 Å². The summed E-state index contributed by atoms with van der Waals surface area (Å²) in [5.41, 5.74) is 1.32. The summed E-state index contributed by atoms with van der Waals surface area (Å²) < 4.78 is 0. The maximum absolute atomic E-state index is 11.0. The Morgan fingerprint density at radius 1 is 1.26 bits per heavy atom. The van der Waals surface area contributed by atoms with E-state index in [9.17, 15) is 9.59 Å². The molecule has 0 aliphatic heterocycles. The molecule has 2 rings (SSSR count). The number of nitrogens with zero attached hydrogens (tertiary/aromatic N) is 1. The van der Waals surface area contributed by atoms with Gasteiger partial charge in [-0.15, -0.1) is 0 Å². The van der Waals surface area contributed by atoms with Crippen LogP contribution in [0.25, 0.3) is 0 Å². The summed E-state index contributed by atoms with van der Waals surface area (Å²) in [6.07, 6.45) is 1.92. The van der Waals surface area contributed by atoms with E-state index in [2.05, 4.69) is 12.1 Å². The topological polar surface area (TPSA) is 37.4 Å². The van der Waals surface area contributed by atoms with Gasteiger partial charge in [-0.3, -0.25) is 9.59 Å². The third-order valence-corrected chi connectivity index (χ3v) is 3.50. The molecule has 0 radical (unpaired) electrons. The number of hydrogen-bond acceptors (Lipinski definition) is 2. The highest BCUT2D eigenvalue weighted by atomic mass is 16.1. The van der Waals surface area contributed by atoms with Crippen molar-refractivity contribution in [3.05, 3.63) is 35.9 Å². The van der Waals surface area contributed by atoms with Gasteiger partial charge in [-0.2, -0.15) is 0 Å². The molecule has 2 atom stereocenters. The third-order valence-electron chi connectivity index (χ3n) is 3.50. The highest BCUT2D eigenvalue weighted by molar-refractivity contribution is 5.82. The summed E-state index contributed by atoms with van der Waals surface area (Å²) in [4.78, 5) is 22.6. The molecule has 19 heavy (non-hydrogen) atoms. The number of carbonyl (C=O) groups excluding carboxylic acids is 2. The van der Waals surface area contributed by atoms with Gasteiger partial charge >= 0.3 is 0 Å². The average molecular weight is 261 g/mol. The maximum Gasteiger partial charge on any atom is 0.209 e. The monoisotopic (exact) mass is 261 g/mol. The smallest absolute Gasteiger partial charge is 0.209 e. The van der Waals surface area contributed by atoms with E-state index < -0.39 is 0 Å². The number of benzene rings is 1. The van der Waals surface area contributed by atoms with Crippen LogP contribution in [-0.4, -0.2) is 30.2 Å². The molecule has 0 bridgehead atoms. The lowest BCUT2D eigenvalue weighted by Gasteiger charge is -2.08. The minimum Gasteiger partial charge on any atom is -0.346 e. The Hall–Kier alpha value is -1.64. The minimum atomic E-state index is 0.312. The summed E-state index contributed by atoms with van der Waals surface area (Å²) in [7, 11) is 0. The summed E-state index contributed by atoms with van der Waals surface area (Å²) in [6, 6.07) is 10.3. The van der Waals surface area contributed by atoms with Crippen LogP contribution in [0, 0.1) is 5.92 Å². The van der Waals surface area contributed by atoms with Crippen LogP contribution in [0.4, 0.5) is 0 Å². The van der Waals surface area contributed by atoms with Crippen LogP contribution in [0.15, 0.2) is 30.3 Å². The molecule has 0 saturated heterocycles. The quantitative estimate of drug-likeness (QED) is 0.764. The summed E-state index contributed by atoms with van der Waals surface area (Å²) in [6.45, 7) is 7.24. The van der Waals surface area contributed by atoms with E-state index in [0.717, 1.165) is 25.9 Å². The molecular weight excluding hydrogens is 238 g/mol. The fraction of sp³-hybridized carbons (Fsp3) is 0.500. The Morgan fingerprint density at radius 2 is 1.84 bits per heavy atom. The number of Topliss-reactive ketones (excluding diaryl/α,β-unsaturated/α-hetero) is 1. The van der Waals surface area contributed by atoms with E-state index in [1.54, 1.807) is 11.8 Å². The van der Waals surface area contributed by atoms with Gasteiger partial charge in [-0.1, -0.05) is 30.3 Å². The third kappa shape index (κ3) is 4.86. The zero-order chi connectivity index (χ0) is 14.3. The first-order valence-corrected chi connectivity index (χ1v) is 6.88. The average Bonchev–Trinajstić information content (AvgIpc) is 3.23. The van der Waals surface area contributed by atoms with Gasteiger partial charge in [0.25, 0.3) is 0 Å². The Morgan fingerprint density at radius 3 is 2.16 bits per heavy atom. The van der Waals surface area contributed by atoms with Gasteiger partial charge in [0.2, 0.25) is 6.41 Å². The normalized spacial score (nSPS) is 19.9. The van der Waals surface area contributed by atoms with Crippen molar-refractivity contribution in [3.63, 3.8) is 0 Å². The van der Waals surface area contributed by atoms with Gasteiger partial charge in [0, 0.05) is 19.0 Å². The van der Waals surface area contributed by atoms with Gasteiger partial charge in [0.1, 0.15) is 5.78 Å². The van der Waals surface area contributed by atoms with Gasteiger partial charge in [0.15, 0.2) is 0 Å². The van der Waals surface area contributed by atoms with Crippen LogP contribution in [0.3, 0.4) is 0 Å². The van der Waals surface area contributed by atoms with Crippen molar-refractivity contribution >= 4 is 12.2 Å². The molecule has 0 unspecified atom stereocenters. The Kier molecular flexibility index (Phi) is 6.26. The highest BCUT2D eigenvalue weighted by Crippen LogP contribution is 2.47. The molecule has 1 fully saturated rings. The van der Waals surface area contributed by atoms with Crippen LogP contribution in [0.5, 0.6) is 0 Å². The summed E-state index contributed by atoms with van der Waals surface area (Å²) in [5, 5.41) is 0. The van der Waals surface area contributed by atoms with Crippen molar-refractivity contribution in [2.45, 2.75) is 33.1 Å². The molecule has 1 aromatic rings. The molecule has 104 valence electrons. The molecule has 0 N–H and O–H groups in total. The molecule has 1 aliphatic rings. The van der Waals surface area contributed by atoms with Crippen molar-refractivity contribution in [1.82, 2.24) is 4.90 Å². The summed E-state index contributed by atoms with van der Waals surface area (Å²) >= 11 is 0. The lowest BCUT2D eigenvalue weighted by atomic mass is 10.1. The first-order chi connectivity index (χ1) is 9.13. The van der Waals surface area contributed by atoms with Crippen molar-refractivity contribution in [2.75, 3.05) is 13.1 Å². The standard InChI is InChI=1S/C11H12O.C5H11NO/c1-8(12)10-7-11(10)9-5-3-2-4-6-9;1-3-6(4-2)5-7/h2-6,10-11H,7H2,1H3;5H,3-4H2,1-2H3/t10-,11+;/m0./s1. The fourth-order valence-electron chi connectivity index (χ4n) is 2.09. The first-order valence-electron chi connectivity index (χ1n) is 6.88. The molecule has 1 aliphatic carbocycles. The second kappa shape index (κ2) is 7.72. The lowest BCUT2D eigenvalue weighted by Crippen LogP contribution is -2.19. The molecule has 1 amide bonds. The zero-order valence-electron chi connectivity index (χ0n) is 12.0. The van der Waals surface area contributed by atoms with Crippen LogP contribution in [0.2, 0.25) is 0 Å². The molecule has 0 spiro atoms. The summed E-state index contributed by atoms with van der Waals surface area (Å²) in [5.74, 6) is 1.17. The minimum absolute atomic E-state index is 0.312. The van der Waals surface area contributed by atoms with E-state index in [1.807, 2.05) is 32.0 Å². The molecule has 0 heterocycles. The predicted molar refractivity (Wildman–Crippen MR) is 77.0 cm³/mol. The Labute approximate surface area is 115 Å². The molecule has 3 heteroatoms. The second-order valence-corrected chi connectivity index (χ2v) is 4.80. The van der Waals surface area contributed by atoms with Crippen molar-refractivity contribution in [1.29, 1.82) is 0 Å². The van der Waals surface area contributed by atoms with Gasteiger partial charge < -0.3 is 4.90 Å². The second-order valence-electron chi connectivity index (χ2n) is 4.80. The number of ketones is 1. The van der Waals surface area contributed by atoms with E-state index >= 15 is 0 Å². The Bertz CT molecular complexity index is 398. The van der Waals surface area contributed by atoms with Crippen molar-refractivity contribution < 1.29 is 9.59 Å². The van der Waals surface area contributed by atoms with E-state index in [1.165, 1.54) is 5.56 Å². The number of carbonyl (C=O) groups is 2. The first kappa shape index (κ1) is 15.4. The molecular formula is C16H23NO2. The Balaban J connectivity index is 0.000000224. The van der Waals surface area contributed by atoms with Crippen molar-refractivity contribution in [3.8, 4) is 0 Å². The van der Waals surface area contributed by atoms with Gasteiger partial charge in [-0.25, -0.2) is 0 Å². The van der Waals surface area contributed by atoms with E-state index in [-0.39, 0.29) is 0 Å². The van der Waals surface area contributed by atoms with Crippen LogP contribution >= 0.6 is 0 Å². The fourth-order valence-corrected chi connectivity index (χ4v) is 2.09. The van der Waals surface area contributed by atoms with E-state index in [4.69, 9.17) is 0 Å². The van der Waals surface area contributed by atoms with E-state index in [0.29, 0.717) is 17.6 Å². The number of amides is 1. The SMILES string of the molecule is CC(=O)[C@@H]1C[C@@H]1c1ccccc1.CCN(C=O)CC. The number of hydrogen-bond donors (Lipinski definition) is 0. The molecule has 1 saturated carbocycles. The van der Waals surface area contributed by atoms with Crippen LogP contribution in [-0.2, 0) is 9.59 Å². The van der Waals surface area contributed by atoms with Gasteiger partial charge in [0.05, 0.1) is 0 Å². The molecule has 0 aromatic heterocycles. The zero-order valence-corrected chi connectivity index (χ0v) is 12.0. The number of rotatable bonds is 5. The molecule has 3 nitrogen and oxygen atoms in total. The van der Waals surface area contributed by atoms with Crippen LogP contribution in [0.1, 0.15) is 38.7 Å². The highest BCUT2D eigenvalue weighted by Gasteiger charge is 2.41. The lowest BCUT2D eigenvalue weighted by molar-refractivity contribution is -0.118. The largest absolute Gasteiger partial charge is 0.346 e. The maximum atomic E-state index is 11.0. The predicted octanol–water partition coefficient (Wildman–Crippen LogP) is 2.86. The van der Waals surface area contributed by atoms with Crippen molar-refractivity contribution in [2.24, 2.45) is 5.92 Å². The van der Waals surface area contributed by atoms with Gasteiger partial charge in [-0.05, 0) is 38.7 Å².